The number of nitrogens with one attached hydrogen (secondary N) is 1. The molecule has 0 aromatic carbocycles. The van der Waals surface area contributed by atoms with Crippen molar-refractivity contribution in [3.05, 3.63) is 16.6 Å². The summed E-state index contributed by atoms with van der Waals surface area (Å²) in [7, 11) is 0. The van der Waals surface area contributed by atoms with Crippen LogP contribution >= 0.6 is 11.3 Å². The van der Waals surface area contributed by atoms with Crippen molar-refractivity contribution in [2.24, 2.45) is 5.92 Å². The van der Waals surface area contributed by atoms with E-state index in [0.717, 1.165) is 26.2 Å². The molecule has 2 rings (SSSR count). The standard InChI is InChI=1S/C12H20N2OS/c1-2-5-13-12(11-8-16-9-14-11)10-4-3-6-15-7-10/h8-10,12-13H,2-7H2,1H3. The Kier molecular flexibility index (Phi) is 4.75. The van der Waals surface area contributed by atoms with E-state index >= 15 is 0 Å². The van der Waals surface area contributed by atoms with E-state index in [4.69, 9.17) is 4.74 Å². The Labute approximate surface area is 101 Å². The molecule has 16 heavy (non-hydrogen) atoms. The molecule has 0 amide bonds. The van der Waals surface area contributed by atoms with Crippen LogP contribution in [0.5, 0.6) is 0 Å². The third-order valence-electron chi connectivity index (χ3n) is 3.05. The molecule has 1 N–H and O–H groups in total. The van der Waals surface area contributed by atoms with Crippen molar-refractivity contribution in [1.82, 2.24) is 10.3 Å². The second kappa shape index (κ2) is 6.33. The van der Waals surface area contributed by atoms with Crippen molar-refractivity contribution >= 4 is 11.3 Å². The van der Waals surface area contributed by atoms with E-state index in [0.29, 0.717) is 12.0 Å². The van der Waals surface area contributed by atoms with Gasteiger partial charge in [-0.1, -0.05) is 6.92 Å². The number of rotatable bonds is 5. The fraction of sp³-hybridized carbons (Fsp3) is 0.750. The molecule has 1 aliphatic heterocycles. The van der Waals surface area contributed by atoms with Crippen molar-refractivity contribution in [1.29, 1.82) is 0 Å². The molecular formula is C12H20N2OS. The minimum atomic E-state index is 0.381. The molecule has 3 nitrogen and oxygen atoms in total. The molecule has 0 radical (unpaired) electrons. The lowest BCUT2D eigenvalue weighted by atomic mass is 9.92. The van der Waals surface area contributed by atoms with Crippen LogP contribution in [0.25, 0.3) is 0 Å². The van der Waals surface area contributed by atoms with Gasteiger partial charge in [0.1, 0.15) is 0 Å². The Morgan fingerprint density at radius 3 is 3.25 bits per heavy atom. The first-order chi connectivity index (χ1) is 7.92. The van der Waals surface area contributed by atoms with Crippen LogP contribution in [0, 0.1) is 5.92 Å². The number of hydrogen-bond donors (Lipinski definition) is 1. The minimum absolute atomic E-state index is 0.381. The summed E-state index contributed by atoms with van der Waals surface area (Å²) in [6, 6.07) is 0.381. The van der Waals surface area contributed by atoms with Gasteiger partial charge in [0.05, 0.1) is 23.9 Å². The second-order valence-electron chi connectivity index (χ2n) is 4.32. The molecule has 90 valence electrons. The van der Waals surface area contributed by atoms with Crippen LogP contribution in [0.1, 0.15) is 37.9 Å². The summed E-state index contributed by atoms with van der Waals surface area (Å²) in [6.07, 6.45) is 3.59. The van der Waals surface area contributed by atoms with Gasteiger partial charge in [-0.3, -0.25) is 0 Å². The maximum atomic E-state index is 5.58. The summed E-state index contributed by atoms with van der Waals surface area (Å²) in [5.74, 6) is 0.586. The third kappa shape index (κ3) is 3.03. The van der Waals surface area contributed by atoms with Gasteiger partial charge in [0.25, 0.3) is 0 Å². The van der Waals surface area contributed by atoms with Crippen LogP contribution in [-0.2, 0) is 4.74 Å². The molecule has 1 fully saturated rings. The number of ether oxygens (including phenoxy) is 1. The highest BCUT2D eigenvalue weighted by atomic mass is 32.1. The van der Waals surface area contributed by atoms with Crippen molar-refractivity contribution in [3.63, 3.8) is 0 Å². The van der Waals surface area contributed by atoms with Crippen LogP contribution in [0.4, 0.5) is 0 Å². The van der Waals surface area contributed by atoms with Crippen LogP contribution in [0.15, 0.2) is 10.9 Å². The predicted octanol–water partition coefficient (Wildman–Crippen LogP) is 2.61. The number of hydrogen-bond acceptors (Lipinski definition) is 4. The average molecular weight is 240 g/mol. The Bertz CT molecular complexity index is 283. The summed E-state index contributed by atoms with van der Waals surface area (Å²) >= 11 is 1.67. The maximum Gasteiger partial charge on any atom is 0.0795 e. The number of nitrogens with zero attached hydrogens (tertiary/aromatic N) is 1. The third-order valence-corrected chi connectivity index (χ3v) is 3.66. The fourth-order valence-electron chi connectivity index (χ4n) is 2.22. The summed E-state index contributed by atoms with van der Waals surface area (Å²) in [5, 5.41) is 5.76. The van der Waals surface area contributed by atoms with Gasteiger partial charge >= 0.3 is 0 Å². The largest absolute Gasteiger partial charge is 0.381 e. The second-order valence-corrected chi connectivity index (χ2v) is 5.04. The lowest BCUT2D eigenvalue weighted by Crippen LogP contribution is -2.34. The first-order valence-corrected chi connectivity index (χ1v) is 7.05. The summed E-state index contributed by atoms with van der Waals surface area (Å²) in [4.78, 5) is 4.45. The van der Waals surface area contributed by atoms with Gasteiger partial charge in [-0.15, -0.1) is 11.3 Å². The normalized spacial score (nSPS) is 23.2. The van der Waals surface area contributed by atoms with E-state index in [1.54, 1.807) is 11.3 Å². The van der Waals surface area contributed by atoms with Crippen LogP contribution < -0.4 is 5.32 Å². The number of thiazole rings is 1. The smallest absolute Gasteiger partial charge is 0.0795 e. The van der Waals surface area contributed by atoms with Gasteiger partial charge in [-0.25, -0.2) is 4.98 Å². The molecule has 2 unspecified atom stereocenters. The molecule has 1 aromatic rings. The molecular weight excluding hydrogens is 220 g/mol. The van der Waals surface area contributed by atoms with Gasteiger partial charge in [0.2, 0.25) is 0 Å². The Hall–Kier alpha value is -0.450. The topological polar surface area (TPSA) is 34.2 Å². The van der Waals surface area contributed by atoms with Gasteiger partial charge < -0.3 is 10.1 Å². The monoisotopic (exact) mass is 240 g/mol. The molecule has 2 heterocycles. The molecule has 0 bridgehead atoms. The lowest BCUT2D eigenvalue weighted by Gasteiger charge is -2.30. The van der Waals surface area contributed by atoms with Crippen molar-refractivity contribution in [3.8, 4) is 0 Å². The summed E-state index contributed by atoms with van der Waals surface area (Å²) in [5.41, 5.74) is 3.11. The zero-order valence-corrected chi connectivity index (χ0v) is 10.6. The van der Waals surface area contributed by atoms with E-state index in [2.05, 4.69) is 22.6 Å². The van der Waals surface area contributed by atoms with Gasteiger partial charge in [0.15, 0.2) is 0 Å². The maximum absolute atomic E-state index is 5.58. The molecule has 0 spiro atoms. The molecule has 1 saturated heterocycles. The molecule has 2 atom stereocenters. The van der Waals surface area contributed by atoms with E-state index in [1.165, 1.54) is 18.5 Å². The van der Waals surface area contributed by atoms with Gasteiger partial charge in [-0.05, 0) is 25.8 Å². The summed E-state index contributed by atoms with van der Waals surface area (Å²) in [6.45, 7) is 5.05. The minimum Gasteiger partial charge on any atom is -0.381 e. The quantitative estimate of drug-likeness (QED) is 0.859. The summed E-state index contributed by atoms with van der Waals surface area (Å²) < 4.78 is 5.58. The molecule has 1 aromatic heterocycles. The van der Waals surface area contributed by atoms with Crippen molar-refractivity contribution in [2.75, 3.05) is 19.8 Å². The molecule has 1 aliphatic rings. The van der Waals surface area contributed by atoms with E-state index in [-0.39, 0.29) is 0 Å². The van der Waals surface area contributed by atoms with Crippen molar-refractivity contribution in [2.45, 2.75) is 32.2 Å². The Balaban J connectivity index is 2.01. The Morgan fingerprint density at radius 1 is 1.69 bits per heavy atom. The SMILES string of the molecule is CCCNC(c1cscn1)C1CCCOC1. The van der Waals surface area contributed by atoms with Crippen molar-refractivity contribution < 1.29 is 4.74 Å². The highest BCUT2D eigenvalue weighted by molar-refractivity contribution is 7.07. The van der Waals surface area contributed by atoms with Crippen LogP contribution in [0.2, 0.25) is 0 Å². The first-order valence-electron chi connectivity index (χ1n) is 6.11. The molecule has 0 saturated carbocycles. The van der Waals surface area contributed by atoms with Gasteiger partial charge in [-0.2, -0.15) is 0 Å². The van der Waals surface area contributed by atoms with Gasteiger partial charge in [0, 0.05) is 17.9 Å². The number of aromatic nitrogens is 1. The average Bonchev–Trinajstić information content (AvgIpc) is 2.85. The predicted molar refractivity (Wildman–Crippen MR) is 66.7 cm³/mol. The fourth-order valence-corrected chi connectivity index (χ4v) is 2.81. The molecule has 4 heteroatoms. The lowest BCUT2D eigenvalue weighted by molar-refractivity contribution is 0.0385. The first kappa shape index (κ1) is 12.0. The highest BCUT2D eigenvalue weighted by Gasteiger charge is 2.26. The zero-order valence-electron chi connectivity index (χ0n) is 9.82. The van der Waals surface area contributed by atoms with E-state index in [1.807, 2.05) is 5.51 Å². The molecule has 0 aliphatic carbocycles. The highest BCUT2D eigenvalue weighted by Crippen LogP contribution is 2.28. The van der Waals surface area contributed by atoms with Crippen LogP contribution in [0.3, 0.4) is 0 Å². The van der Waals surface area contributed by atoms with E-state index < -0.39 is 0 Å². The van der Waals surface area contributed by atoms with Crippen LogP contribution in [-0.4, -0.2) is 24.7 Å². The Morgan fingerprint density at radius 2 is 2.62 bits per heavy atom. The zero-order chi connectivity index (χ0) is 11.2. The van der Waals surface area contributed by atoms with E-state index in [9.17, 15) is 0 Å².